The van der Waals surface area contributed by atoms with E-state index in [-0.39, 0.29) is 0 Å². The van der Waals surface area contributed by atoms with Crippen LogP contribution in [0, 0.1) is 6.07 Å². The zero-order valence-electron chi connectivity index (χ0n) is 6.94. The molecule has 2 heterocycles. The van der Waals surface area contributed by atoms with Gasteiger partial charge in [-0.1, -0.05) is 24.3 Å². The third-order valence-corrected chi connectivity index (χ3v) is 2.15. The van der Waals surface area contributed by atoms with Crippen LogP contribution in [-0.2, 0) is 0 Å². The van der Waals surface area contributed by atoms with Crippen LogP contribution in [0.5, 0.6) is 0 Å². The highest BCUT2D eigenvalue weighted by atomic mass is 15.2. The third-order valence-electron chi connectivity index (χ3n) is 2.15. The highest BCUT2D eigenvalue weighted by Crippen LogP contribution is 2.17. The fourth-order valence-electron chi connectivity index (χ4n) is 1.55. The summed E-state index contributed by atoms with van der Waals surface area (Å²) in [6.45, 7) is 0. The molecule has 0 saturated heterocycles. The van der Waals surface area contributed by atoms with Crippen LogP contribution in [0.2, 0.25) is 0 Å². The van der Waals surface area contributed by atoms with Gasteiger partial charge in [0.1, 0.15) is 0 Å². The Kier molecular flexibility index (Phi) is 1.19. The van der Waals surface area contributed by atoms with E-state index in [0.717, 1.165) is 16.4 Å². The molecule has 2 heteroatoms. The first-order valence-electron chi connectivity index (χ1n) is 4.19. The summed E-state index contributed by atoms with van der Waals surface area (Å²) in [4.78, 5) is 0. The molecular formula is C11H7N2. The maximum Gasteiger partial charge on any atom is 0.0934 e. The molecule has 0 aliphatic carbocycles. The van der Waals surface area contributed by atoms with Gasteiger partial charge >= 0.3 is 0 Å². The standard InChI is InChI=1S/C11H7N2/c1-2-6-10-9(5-1)11-7-3-4-8-13(11)12-10/h1-6,8H. The van der Waals surface area contributed by atoms with Gasteiger partial charge in [-0.25, -0.2) is 4.52 Å². The van der Waals surface area contributed by atoms with Crippen molar-refractivity contribution in [3.63, 3.8) is 0 Å². The Balaban J connectivity index is 2.64. The molecule has 0 fully saturated rings. The molecule has 3 rings (SSSR count). The maximum atomic E-state index is 4.40. The predicted octanol–water partition coefficient (Wildman–Crippen LogP) is 2.29. The zero-order chi connectivity index (χ0) is 8.67. The van der Waals surface area contributed by atoms with E-state index in [4.69, 9.17) is 0 Å². The van der Waals surface area contributed by atoms with Crippen molar-refractivity contribution in [3.05, 3.63) is 48.7 Å². The van der Waals surface area contributed by atoms with Gasteiger partial charge in [0.2, 0.25) is 0 Å². The Morgan fingerprint density at radius 3 is 3.08 bits per heavy atom. The largest absolute Gasteiger partial charge is 0.239 e. The Labute approximate surface area is 75.4 Å². The van der Waals surface area contributed by atoms with Gasteiger partial charge in [0.05, 0.1) is 11.0 Å². The van der Waals surface area contributed by atoms with E-state index >= 15 is 0 Å². The number of nitrogens with zero attached hydrogens (tertiary/aromatic N) is 2. The number of benzene rings is 1. The van der Waals surface area contributed by atoms with Gasteiger partial charge < -0.3 is 0 Å². The Hall–Kier alpha value is -1.83. The van der Waals surface area contributed by atoms with E-state index in [1.807, 2.05) is 41.0 Å². The minimum Gasteiger partial charge on any atom is -0.239 e. The summed E-state index contributed by atoms with van der Waals surface area (Å²) in [6, 6.07) is 15.1. The van der Waals surface area contributed by atoms with E-state index in [2.05, 4.69) is 17.2 Å². The van der Waals surface area contributed by atoms with Crippen LogP contribution in [0.15, 0.2) is 42.6 Å². The topological polar surface area (TPSA) is 17.3 Å². The molecule has 1 radical (unpaired) electrons. The zero-order valence-corrected chi connectivity index (χ0v) is 6.94. The number of aromatic nitrogens is 2. The SMILES string of the molecule is [c]1cccn2nc3ccccc3c12. The first kappa shape index (κ1) is 6.66. The Morgan fingerprint density at radius 1 is 1.15 bits per heavy atom. The normalized spacial score (nSPS) is 11.1. The van der Waals surface area contributed by atoms with Gasteiger partial charge in [0.15, 0.2) is 0 Å². The highest BCUT2D eigenvalue weighted by molar-refractivity contribution is 5.93. The number of rotatable bonds is 0. The van der Waals surface area contributed by atoms with Crippen molar-refractivity contribution in [2.24, 2.45) is 0 Å². The van der Waals surface area contributed by atoms with Crippen LogP contribution in [0.3, 0.4) is 0 Å². The average Bonchev–Trinajstić information content (AvgIpc) is 2.56. The molecule has 0 N–H and O–H groups in total. The van der Waals surface area contributed by atoms with E-state index in [0.29, 0.717) is 0 Å². The molecular weight excluding hydrogens is 160 g/mol. The monoisotopic (exact) mass is 167 g/mol. The smallest absolute Gasteiger partial charge is 0.0934 e. The second-order valence-corrected chi connectivity index (χ2v) is 2.96. The molecule has 0 aliphatic rings. The summed E-state index contributed by atoms with van der Waals surface area (Å²) < 4.78 is 1.85. The van der Waals surface area contributed by atoms with Crippen molar-refractivity contribution < 1.29 is 0 Å². The maximum absolute atomic E-state index is 4.40. The summed E-state index contributed by atoms with van der Waals surface area (Å²) in [6.07, 6.45) is 1.94. The number of fused-ring (bicyclic) bond motifs is 3. The first-order valence-corrected chi connectivity index (χ1v) is 4.19. The molecule has 0 saturated carbocycles. The summed E-state index contributed by atoms with van der Waals surface area (Å²) in [5.41, 5.74) is 2.06. The van der Waals surface area contributed by atoms with Crippen molar-refractivity contribution >= 4 is 16.4 Å². The number of hydrogen-bond donors (Lipinski definition) is 0. The molecule has 0 spiro atoms. The van der Waals surface area contributed by atoms with Crippen molar-refractivity contribution in [1.29, 1.82) is 0 Å². The Bertz CT molecular complexity index is 516. The third kappa shape index (κ3) is 0.855. The van der Waals surface area contributed by atoms with Crippen LogP contribution in [0.4, 0.5) is 0 Å². The molecule has 2 nitrogen and oxygen atoms in total. The minimum atomic E-state index is 1.02. The summed E-state index contributed by atoms with van der Waals surface area (Å²) in [7, 11) is 0. The lowest BCUT2D eigenvalue weighted by Gasteiger charge is -1.88. The van der Waals surface area contributed by atoms with Gasteiger partial charge in [-0.2, -0.15) is 5.10 Å². The van der Waals surface area contributed by atoms with Crippen molar-refractivity contribution in [3.8, 4) is 0 Å². The van der Waals surface area contributed by atoms with Crippen molar-refractivity contribution in [2.45, 2.75) is 0 Å². The summed E-state index contributed by atoms with van der Waals surface area (Å²) >= 11 is 0. The van der Waals surface area contributed by atoms with Crippen LogP contribution in [0.1, 0.15) is 0 Å². The second kappa shape index (κ2) is 2.33. The van der Waals surface area contributed by atoms with E-state index in [1.165, 1.54) is 0 Å². The quantitative estimate of drug-likeness (QED) is 0.502. The Morgan fingerprint density at radius 2 is 2.08 bits per heavy atom. The molecule has 0 atom stereocenters. The number of pyridine rings is 1. The van der Waals surface area contributed by atoms with E-state index in [1.54, 1.807) is 0 Å². The molecule has 1 aromatic carbocycles. The van der Waals surface area contributed by atoms with Crippen LogP contribution in [-0.4, -0.2) is 9.61 Å². The lowest BCUT2D eigenvalue weighted by molar-refractivity contribution is 0.981. The summed E-state index contributed by atoms with van der Waals surface area (Å²) in [5.74, 6) is 0. The van der Waals surface area contributed by atoms with Crippen molar-refractivity contribution in [2.75, 3.05) is 0 Å². The molecule has 0 bridgehead atoms. The first-order chi connectivity index (χ1) is 6.45. The van der Waals surface area contributed by atoms with Crippen molar-refractivity contribution in [1.82, 2.24) is 9.61 Å². The molecule has 2 aromatic heterocycles. The van der Waals surface area contributed by atoms with E-state index in [9.17, 15) is 0 Å². The molecule has 13 heavy (non-hydrogen) atoms. The van der Waals surface area contributed by atoms with Crippen LogP contribution >= 0.6 is 0 Å². The lowest BCUT2D eigenvalue weighted by Crippen LogP contribution is -1.82. The van der Waals surface area contributed by atoms with Gasteiger partial charge in [0.25, 0.3) is 0 Å². The molecule has 0 unspecified atom stereocenters. The molecule has 0 amide bonds. The predicted molar refractivity (Wildman–Crippen MR) is 51.5 cm³/mol. The number of hydrogen-bond acceptors (Lipinski definition) is 1. The fourth-order valence-corrected chi connectivity index (χ4v) is 1.55. The van der Waals surface area contributed by atoms with Gasteiger partial charge in [-0.05, 0) is 12.1 Å². The average molecular weight is 167 g/mol. The molecule has 61 valence electrons. The molecule has 0 aliphatic heterocycles. The van der Waals surface area contributed by atoms with E-state index < -0.39 is 0 Å². The lowest BCUT2D eigenvalue weighted by atomic mass is 10.2. The highest BCUT2D eigenvalue weighted by Gasteiger charge is 2.01. The van der Waals surface area contributed by atoms with Gasteiger partial charge in [-0.3, -0.25) is 0 Å². The second-order valence-electron chi connectivity index (χ2n) is 2.96. The molecule has 3 aromatic rings. The van der Waals surface area contributed by atoms with Gasteiger partial charge in [0, 0.05) is 17.6 Å². The van der Waals surface area contributed by atoms with Gasteiger partial charge in [-0.15, -0.1) is 0 Å². The van der Waals surface area contributed by atoms with Crippen LogP contribution < -0.4 is 0 Å². The fraction of sp³-hybridized carbons (Fsp3) is 0. The van der Waals surface area contributed by atoms with Crippen LogP contribution in [0.25, 0.3) is 16.4 Å². The minimum absolute atomic E-state index is 1.02. The summed E-state index contributed by atoms with van der Waals surface area (Å²) in [5, 5.41) is 5.56.